The summed E-state index contributed by atoms with van der Waals surface area (Å²) < 4.78 is 4.74. The van der Waals surface area contributed by atoms with Crippen LogP contribution in [0.25, 0.3) is 0 Å². The number of carbonyl (C=O) groups excluding carboxylic acids is 1. The third-order valence-electron chi connectivity index (χ3n) is 4.75. The number of benzene rings is 2. The highest BCUT2D eigenvalue weighted by molar-refractivity contribution is 5.82. The van der Waals surface area contributed by atoms with Crippen molar-refractivity contribution in [2.75, 3.05) is 7.11 Å². The maximum atomic E-state index is 11.6. The van der Waals surface area contributed by atoms with E-state index < -0.39 is 0 Å². The molecular weight excluding hydrogens is 298 g/mol. The number of methoxy groups -OCH3 is 1. The van der Waals surface area contributed by atoms with Gasteiger partial charge in [-0.1, -0.05) is 49.4 Å². The number of carbonyl (C=O) groups is 1. The number of fused-ring (bicyclic) bond motifs is 1. The van der Waals surface area contributed by atoms with Crippen LogP contribution < -0.4 is 0 Å². The maximum Gasteiger partial charge on any atom is 0.330 e. The van der Waals surface area contributed by atoms with Crippen molar-refractivity contribution in [1.82, 2.24) is 0 Å². The molecule has 0 amide bonds. The predicted octanol–water partition coefficient (Wildman–Crippen LogP) is 3.98. The molecule has 24 heavy (non-hydrogen) atoms. The Hall–Kier alpha value is -2.86. The summed E-state index contributed by atoms with van der Waals surface area (Å²) in [5.41, 5.74) is 3.99. The number of ether oxygens (including phenoxy) is 1. The summed E-state index contributed by atoms with van der Waals surface area (Å²) in [7, 11) is 1.38. The molecule has 0 unspecified atom stereocenters. The SMILES string of the molecule is COC(=O)/C=C/[C@]1(C)Cc2ccc(C#N)cc2[C@H]1c1ccccc1. The van der Waals surface area contributed by atoms with Crippen LogP contribution in [0.3, 0.4) is 0 Å². The Balaban J connectivity index is 2.12. The third-order valence-corrected chi connectivity index (χ3v) is 4.75. The van der Waals surface area contributed by atoms with Crippen LogP contribution in [0.2, 0.25) is 0 Å². The number of rotatable bonds is 3. The summed E-state index contributed by atoms with van der Waals surface area (Å²) >= 11 is 0. The molecular formula is C21H19NO2. The maximum absolute atomic E-state index is 11.6. The predicted molar refractivity (Wildman–Crippen MR) is 92.4 cm³/mol. The zero-order valence-electron chi connectivity index (χ0n) is 13.8. The van der Waals surface area contributed by atoms with Crippen LogP contribution in [0.4, 0.5) is 0 Å². The lowest BCUT2D eigenvalue weighted by molar-refractivity contribution is -0.134. The van der Waals surface area contributed by atoms with Crippen molar-refractivity contribution in [2.45, 2.75) is 19.3 Å². The van der Waals surface area contributed by atoms with Crippen molar-refractivity contribution in [3.05, 3.63) is 82.9 Å². The average Bonchev–Trinajstić information content (AvgIpc) is 2.91. The minimum atomic E-state index is -0.350. The highest BCUT2D eigenvalue weighted by Gasteiger charge is 2.41. The van der Waals surface area contributed by atoms with E-state index in [-0.39, 0.29) is 17.3 Å². The van der Waals surface area contributed by atoms with E-state index in [0.717, 1.165) is 12.0 Å². The van der Waals surface area contributed by atoms with Crippen molar-refractivity contribution in [1.29, 1.82) is 5.26 Å². The molecule has 1 aliphatic rings. The Morgan fingerprint density at radius 3 is 2.71 bits per heavy atom. The van der Waals surface area contributed by atoms with Gasteiger partial charge in [0.2, 0.25) is 0 Å². The molecule has 3 nitrogen and oxygen atoms in total. The molecule has 0 aromatic heterocycles. The molecule has 2 aromatic rings. The minimum absolute atomic E-state index is 0.0999. The van der Waals surface area contributed by atoms with E-state index in [4.69, 9.17) is 4.74 Å². The van der Waals surface area contributed by atoms with Gasteiger partial charge in [-0.15, -0.1) is 0 Å². The number of nitrogens with zero attached hydrogens (tertiary/aromatic N) is 1. The molecule has 0 saturated carbocycles. The van der Waals surface area contributed by atoms with E-state index >= 15 is 0 Å². The van der Waals surface area contributed by atoms with Gasteiger partial charge in [-0.3, -0.25) is 0 Å². The van der Waals surface area contributed by atoms with E-state index in [1.165, 1.54) is 24.3 Å². The third kappa shape index (κ3) is 2.83. The van der Waals surface area contributed by atoms with Crippen LogP contribution in [0.1, 0.15) is 35.1 Å². The smallest absolute Gasteiger partial charge is 0.330 e. The lowest BCUT2D eigenvalue weighted by atomic mass is 9.74. The van der Waals surface area contributed by atoms with Crippen LogP contribution in [0.5, 0.6) is 0 Å². The van der Waals surface area contributed by atoms with Gasteiger partial charge in [0, 0.05) is 17.4 Å². The van der Waals surface area contributed by atoms with Crippen molar-refractivity contribution in [3.8, 4) is 6.07 Å². The van der Waals surface area contributed by atoms with Crippen LogP contribution in [-0.2, 0) is 16.0 Å². The molecule has 0 heterocycles. The van der Waals surface area contributed by atoms with Gasteiger partial charge in [-0.25, -0.2) is 4.79 Å². The number of allylic oxidation sites excluding steroid dienone is 1. The quantitative estimate of drug-likeness (QED) is 0.635. The van der Waals surface area contributed by atoms with Gasteiger partial charge in [-0.2, -0.15) is 5.26 Å². The number of nitriles is 1. The summed E-state index contributed by atoms with van der Waals surface area (Å²) in [6.07, 6.45) is 4.27. The Morgan fingerprint density at radius 1 is 1.29 bits per heavy atom. The van der Waals surface area contributed by atoms with Gasteiger partial charge >= 0.3 is 5.97 Å². The number of esters is 1. The van der Waals surface area contributed by atoms with Gasteiger partial charge in [0.05, 0.1) is 18.7 Å². The first-order valence-corrected chi connectivity index (χ1v) is 7.92. The summed E-state index contributed by atoms with van der Waals surface area (Å²) in [5.74, 6) is -0.250. The zero-order valence-corrected chi connectivity index (χ0v) is 13.8. The van der Waals surface area contributed by atoms with Gasteiger partial charge in [0.1, 0.15) is 0 Å². The highest BCUT2D eigenvalue weighted by atomic mass is 16.5. The molecule has 3 rings (SSSR count). The van der Waals surface area contributed by atoms with Crippen LogP contribution in [0, 0.1) is 16.7 Å². The first-order chi connectivity index (χ1) is 11.6. The molecule has 3 heteroatoms. The molecule has 2 aromatic carbocycles. The Morgan fingerprint density at radius 2 is 2.04 bits per heavy atom. The van der Waals surface area contributed by atoms with Crippen LogP contribution in [0.15, 0.2) is 60.7 Å². The Labute approximate surface area is 142 Å². The van der Waals surface area contributed by atoms with Crippen molar-refractivity contribution in [3.63, 3.8) is 0 Å². The van der Waals surface area contributed by atoms with Crippen LogP contribution in [-0.4, -0.2) is 13.1 Å². The first kappa shape index (κ1) is 16.0. The molecule has 120 valence electrons. The molecule has 0 bridgehead atoms. The standard InChI is InChI=1S/C21H19NO2/c1-21(11-10-19(23)24-2)13-17-9-8-15(14-22)12-18(17)20(21)16-6-4-3-5-7-16/h3-12,20H,13H2,1-2H3/b11-10+/t20-,21-/m1/s1. The minimum Gasteiger partial charge on any atom is -0.466 e. The van der Waals surface area contributed by atoms with Crippen molar-refractivity contribution < 1.29 is 9.53 Å². The second kappa shape index (κ2) is 6.33. The summed E-state index contributed by atoms with van der Waals surface area (Å²) in [6, 6.07) is 18.3. The molecule has 0 spiro atoms. The van der Waals surface area contributed by atoms with Gasteiger partial charge < -0.3 is 4.74 Å². The fraction of sp³-hybridized carbons (Fsp3) is 0.238. The molecule has 0 fully saturated rings. The van der Waals surface area contributed by atoms with E-state index in [9.17, 15) is 10.1 Å². The summed E-state index contributed by atoms with van der Waals surface area (Å²) in [5, 5.41) is 9.24. The summed E-state index contributed by atoms with van der Waals surface area (Å²) in [4.78, 5) is 11.6. The van der Waals surface area contributed by atoms with Gasteiger partial charge in [-0.05, 0) is 35.2 Å². The lowest BCUT2D eigenvalue weighted by Gasteiger charge is -2.29. The van der Waals surface area contributed by atoms with E-state index in [1.807, 2.05) is 42.5 Å². The average molecular weight is 317 g/mol. The molecule has 1 aliphatic carbocycles. The normalized spacial score (nSPS) is 22.1. The monoisotopic (exact) mass is 317 g/mol. The number of hydrogen-bond acceptors (Lipinski definition) is 3. The van der Waals surface area contributed by atoms with Crippen molar-refractivity contribution >= 4 is 5.97 Å². The summed E-state index contributed by atoms with van der Waals surface area (Å²) in [6.45, 7) is 2.15. The molecule has 0 N–H and O–H groups in total. The lowest BCUT2D eigenvalue weighted by Crippen LogP contribution is -2.21. The van der Waals surface area contributed by atoms with Crippen molar-refractivity contribution in [2.24, 2.45) is 5.41 Å². The molecule has 0 aliphatic heterocycles. The van der Waals surface area contributed by atoms with E-state index in [2.05, 4.69) is 25.1 Å². The highest BCUT2D eigenvalue weighted by Crippen LogP contribution is 2.51. The molecule has 0 radical (unpaired) electrons. The second-order valence-corrected chi connectivity index (χ2v) is 6.41. The topological polar surface area (TPSA) is 50.1 Å². The molecule has 2 atom stereocenters. The van der Waals surface area contributed by atoms with E-state index in [1.54, 1.807) is 0 Å². The second-order valence-electron chi connectivity index (χ2n) is 6.41. The van der Waals surface area contributed by atoms with E-state index in [0.29, 0.717) is 5.56 Å². The fourth-order valence-corrected chi connectivity index (χ4v) is 3.65. The largest absolute Gasteiger partial charge is 0.466 e. The molecule has 0 saturated heterocycles. The van der Waals surface area contributed by atoms with Gasteiger partial charge in [0.15, 0.2) is 0 Å². The van der Waals surface area contributed by atoms with Gasteiger partial charge in [0.25, 0.3) is 0 Å². The Kier molecular flexibility index (Phi) is 4.22. The Bertz CT molecular complexity index is 833. The fourth-order valence-electron chi connectivity index (χ4n) is 3.65. The van der Waals surface area contributed by atoms with Crippen LogP contribution >= 0.6 is 0 Å². The number of hydrogen-bond donors (Lipinski definition) is 0. The zero-order chi connectivity index (χ0) is 17.2. The first-order valence-electron chi connectivity index (χ1n) is 7.92.